The summed E-state index contributed by atoms with van der Waals surface area (Å²) < 4.78 is 1.03. The fourth-order valence-corrected chi connectivity index (χ4v) is 2.81. The third-order valence-electron chi connectivity index (χ3n) is 3.38. The molecular formula is C13H18BrN3. The van der Waals surface area contributed by atoms with Gasteiger partial charge in [-0.2, -0.15) is 0 Å². The van der Waals surface area contributed by atoms with E-state index in [0.717, 1.165) is 29.0 Å². The number of rotatable bonds is 2. The van der Waals surface area contributed by atoms with Crippen molar-refractivity contribution < 1.29 is 0 Å². The maximum absolute atomic E-state index is 7.42. The van der Waals surface area contributed by atoms with Gasteiger partial charge in [0.1, 0.15) is 5.84 Å². The Labute approximate surface area is 111 Å². The third-order valence-corrected chi connectivity index (χ3v) is 4.02. The molecule has 0 aromatic heterocycles. The molecule has 0 radical (unpaired) electrons. The number of nitrogens with two attached hydrogens (primary N) is 1. The molecule has 0 unspecified atom stereocenters. The monoisotopic (exact) mass is 295 g/mol. The van der Waals surface area contributed by atoms with Gasteiger partial charge in [-0.3, -0.25) is 5.41 Å². The van der Waals surface area contributed by atoms with E-state index in [1.807, 2.05) is 12.1 Å². The van der Waals surface area contributed by atoms with E-state index >= 15 is 0 Å². The first-order chi connectivity index (χ1) is 8.08. The summed E-state index contributed by atoms with van der Waals surface area (Å²) in [6, 6.07) is 5.90. The number of nitrogen functional groups attached to an aromatic ring is 1. The second kappa shape index (κ2) is 5.08. The van der Waals surface area contributed by atoms with Gasteiger partial charge in [-0.25, -0.2) is 0 Å². The molecule has 3 nitrogen and oxygen atoms in total. The normalized spacial score (nSPS) is 17.2. The number of amidine groups is 1. The van der Waals surface area contributed by atoms with Crippen LogP contribution in [0.1, 0.15) is 25.3 Å². The van der Waals surface area contributed by atoms with Gasteiger partial charge in [-0.1, -0.05) is 6.92 Å². The molecule has 0 spiro atoms. The molecule has 1 aliphatic rings. The molecule has 1 saturated heterocycles. The van der Waals surface area contributed by atoms with Gasteiger partial charge < -0.3 is 10.6 Å². The minimum absolute atomic E-state index is 0.115. The Morgan fingerprint density at radius 1 is 1.41 bits per heavy atom. The van der Waals surface area contributed by atoms with Gasteiger partial charge in [-0.05, 0) is 52.9 Å². The standard InChI is InChI=1S/C13H18BrN3/c1-9-4-6-17(7-5-9)12-3-2-10(13(15)16)8-11(12)14/h2-3,8-9H,4-7H2,1H3,(H3,15,16). The molecule has 2 rings (SSSR count). The summed E-state index contributed by atoms with van der Waals surface area (Å²) in [6.45, 7) is 4.53. The predicted molar refractivity (Wildman–Crippen MR) is 75.8 cm³/mol. The van der Waals surface area contributed by atoms with Crippen molar-refractivity contribution in [3.05, 3.63) is 28.2 Å². The van der Waals surface area contributed by atoms with E-state index in [1.54, 1.807) is 0 Å². The lowest BCUT2D eigenvalue weighted by atomic mass is 9.98. The number of hydrogen-bond acceptors (Lipinski definition) is 2. The molecule has 4 heteroatoms. The number of benzene rings is 1. The van der Waals surface area contributed by atoms with Crippen LogP contribution >= 0.6 is 15.9 Å². The van der Waals surface area contributed by atoms with Crippen LogP contribution in [0.5, 0.6) is 0 Å². The molecule has 17 heavy (non-hydrogen) atoms. The van der Waals surface area contributed by atoms with Crippen molar-refractivity contribution in [3.8, 4) is 0 Å². The Morgan fingerprint density at radius 3 is 2.59 bits per heavy atom. The average molecular weight is 296 g/mol. The molecule has 1 fully saturated rings. The van der Waals surface area contributed by atoms with Crippen LogP contribution in [0, 0.1) is 11.3 Å². The van der Waals surface area contributed by atoms with Crippen molar-refractivity contribution in [3.63, 3.8) is 0 Å². The Kier molecular flexibility index (Phi) is 3.72. The minimum atomic E-state index is 0.115. The van der Waals surface area contributed by atoms with Crippen LogP contribution in [0.25, 0.3) is 0 Å². The van der Waals surface area contributed by atoms with E-state index in [-0.39, 0.29) is 5.84 Å². The summed E-state index contributed by atoms with van der Waals surface area (Å²) in [5.41, 5.74) is 7.46. The maximum Gasteiger partial charge on any atom is 0.122 e. The van der Waals surface area contributed by atoms with Gasteiger partial charge in [0.25, 0.3) is 0 Å². The fraction of sp³-hybridized carbons (Fsp3) is 0.462. The van der Waals surface area contributed by atoms with Crippen molar-refractivity contribution in [2.45, 2.75) is 19.8 Å². The lowest BCUT2D eigenvalue weighted by Gasteiger charge is -2.32. The summed E-state index contributed by atoms with van der Waals surface area (Å²) in [4.78, 5) is 2.40. The Bertz CT molecular complexity index is 423. The van der Waals surface area contributed by atoms with Crippen LogP contribution in [-0.2, 0) is 0 Å². The summed E-state index contributed by atoms with van der Waals surface area (Å²) in [5, 5.41) is 7.42. The number of piperidine rings is 1. The van der Waals surface area contributed by atoms with E-state index in [4.69, 9.17) is 11.1 Å². The van der Waals surface area contributed by atoms with E-state index in [2.05, 4.69) is 33.8 Å². The van der Waals surface area contributed by atoms with Crippen molar-refractivity contribution in [1.82, 2.24) is 0 Å². The molecule has 1 aromatic carbocycles. The largest absolute Gasteiger partial charge is 0.384 e. The molecule has 0 atom stereocenters. The third kappa shape index (κ3) is 2.80. The second-order valence-electron chi connectivity index (χ2n) is 4.75. The van der Waals surface area contributed by atoms with Crippen LogP contribution in [0.3, 0.4) is 0 Å². The van der Waals surface area contributed by atoms with Crippen molar-refractivity contribution in [2.75, 3.05) is 18.0 Å². The fourth-order valence-electron chi connectivity index (χ4n) is 2.18. The maximum atomic E-state index is 7.42. The van der Waals surface area contributed by atoms with Crippen LogP contribution in [-0.4, -0.2) is 18.9 Å². The molecule has 0 bridgehead atoms. The zero-order valence-corrected chi connectivity index (χ0v) is 11.6. The molecular weight excluding hydrogens is 278 g/mol. The Balaban J connectivity index is 2.19. The summed E-state index contributed by atoms with van der Waals surface area (Å²) in [6.07, 6.45) is 2.50. The van der Waals surface area contributed by atoms with Gasteiger partial charge in [-0.15, -0.1) is 0 Å². The molecule has 1 aliphatic heterocycles. The van der Waals surface area contributed by atoms with E-state index < -0.39 is 0 Å². The quantitative estimate of drug-likeness (QED) is 0.651. The lowest BCUT2D eigenvalue weighted by molar-refractivity contribution is 0.438. The average Bonchev–Trinajstić information content (AvgIpc) is 2.30. The highest BCUT2D eigenvalue weighted by atomic mass is 79.9. The summed E-state index contributed by atoms with van der Waals surface area (Å²) >= 11 is 3.57. The summed E-state index contributed by atoms with van der Waals surface area (Å²) in [5.74, 6) is 0.950. The van der Waals surface area contributed by atoms with Gasteiger partial charge in [0.05, 0.1) is 5.69 Å². The zero-order chi connectivity index (χ0) is 12.4. The molecule has 0 aliphatic carbocycles. The predicted octanol–water partition coefficient (Wildman–Crippen LogP) is 2.97. The van der Waals surface area contributed by atoms with Gasteiger partial charge in [0.2, 0.25) is 0 Å². The lowest BCUT2D eigenvalue weighted by Crippen LogP contribution is -2.33. The highest BCUT2D eigenvalue weighted by Crippen LogP contribution is 2.30. The van der Waals surface area contributed by atoms with Crippen molar-refractivity contribution in [2.24, 2.45) is 11.7 Å². The first-order valence-electron chi connectivity index (χ1n) is 5.97. The number of hydrogen-bond donors (Lipinski definition) is 2. The molecule has 1 heterocycles. The molecule has 92 valence electrons. The van der Waals surface area contributed by atoms with Crippen molar-refractivity contribution in [1.29, 1.82) is 5.41 Å². The van der Waals surface area contributed by atoms with Gasteiger partial charge >= 0.3 is 0 Å². The second-order valence-corrected chi connectivity index (χ2v) is 5.60. The zero-order valence-electron chi connectivity index (χ0n) is 10.0. The Morgan fingerprint density at radius 2 is 2.06 bits per heavy atom. The first kappa shape index (κ1) is 12.4. The van der Waals surface area contributed by atoms with Crippen LogP contribution in [0.15, 0.2) is 22.7 Å². The van der Waals surface area contributed by atoms with E-state index in [0.29, 0.717) is 0 Å². The number of nitrogens with one attached hydrogen (secondary N) is 1. The number of nitrogens with zero attached hydrogens (tertiary/aromatic N) is 1. The number of anilines is 1. The molecule has 0 amide bonds. The molecule has 0 saturated carbocycles. The van der Waals surface area contributed by atoms with Gasteiger partial charge in [0, 0.05) is 23.1 Å². The minimum Gasteiger partial charge on any atom is -0.384 e. The van der Waals surface area contributed by atoms with E-state index in [1.165, 1.54) is 18.5 Å². The number of halogens is 1. The highest BCUT2D eigenvalue weighted by Gasteiger charge is 2.17. The van der Waals surface area contributed by atoms with Crippen LogP contribution < -0.4 is 10.6 Å². The topological polar surface area (TPSA) is 53.1 Å². The SMILES string of the molecule is CC1CCN(c2ccc(C(=N)N)cc2Br)CC1. The summed E-state index contributed by atoms with van der Waals surface area (Å²) in [7, 11) is 0. The molecule has 3 N–H and O–H groups in total. The van der Waals surface area contributed by atoms with Crippen LogP contribution in [0.4, 0.5) is 5.69 Å². The first-order valence-corrected chi connectivity index (χ1v) is 6.76. The van der Waals surface area contributed by atoms with Gasteiger partial charge in [0.15, 0.2) is 0 Å². The van der Waals surface area contributed by atoms with E-state index in [9.17, 15) is 0 Å². The smallest absolute Gasteiger partial charge is 0.122 e. The Hall–Kier alpha value is -1.03. The van der Waals surface area contributed by atoms with Crippen molar-refractivity contribution >= 4 is 27.5 Å². The molecule has 1 aromatic rings. The van der Waals surface area contributed by atoms with Crippen LogP contribution in [0.2, 0.25) is 0 Å². The highest BCUT2D eigenvalue weighted by molar-refractivity contribution is 9.10.